The fourth-order valence-corrected chi connectivity index (χ4v) is 4.61. The van der Waals surface area contributed by atoms with Gasteiger partial charge in [-0.2, -0.15) is 13.9 Å². The van der Waals surface area contributed by atoms with Crippen molar-refractivity contribution in [2.45, 2.75) is 38.4 Å². The summed E-state index contributed by atoms with van der Waals surface area (Å²) in [7, 11) is -3.57. The SMILES string of the molecule is C[C@H](CO)Nc1nc(NC2(C)C=C(S(=O)(=[OH+])NCc3cccc(F)c3)C=CC2)ncc1Br. The van der Waals surface area contributed by atoms with Crippen molar-refractivity contribution in [2.24, 2.45) is 0 Å². The second kappa shape index (κ2) is 10.1. The average molecular weight is 527 g/mol. The van der Waals surface area contributed by atoms with E-state index in [9.17, 15) is 17.9 Å². The standard InChI is InChI=1S/C21H25BrFN5O3S/c1-14(13-29)26-19-18(22)12-24-20(27-19)28-21(2)8-4-7-17(10-21)32(30,31)25-11-15-5-3-6-16(23)9-15/h3-7,9-10,12,14,29H,8,11,13H2,1-2H3,(H,25,30,31)(H2,24,26,27,28)/p+1/t14-,21?/m1/s1. The Balaban J connectivity index is 1.76. The summed E-state index contributed by atoms with van der Waals surface area (Å²) in [6.07, 6.45) is 7.20. The van der Waals surface area contributed by atoms with E-state index in [1.807, 2.05) is 13.8 Å². The largest absolute Gasteiger partial charge is 0.394 e. The van der Waals surface area contributed by atoms with Crippen molar-refractivity contribution in [2.75, 3.05) is 17.2 Å². The molecule has 1 aromatic heterocycles. The van der Waals surface area contributed by atoms with Gasteiger partial charge in [0, 0.05) is 18.8 Å². The number of nitrogens with zero attached hydrogens (tertiary/aromatic N) is 2. The van der Waals surface area contributed by atoms with Gasteiger partial charge in [0.15, 0.2) is 0 Å². The van der Waals surface area contributed by atoms with Crippen molar-refractivity contribution in [1.29, 1.82) is 0 Å². The van der Waals surface area contributed by atoms with Crippen molar-refractivity contribution in [3.8, 4) is 0 Å². The molecule has 3 rings (SSSR count). The van der Waals surface area contributed by atoms with Crippen molar-refractivity contribution < 1.29 is 17.9 Å². The van der Waals surface area contributed by atoms with Gasteiger partial charge in [-0.15, -0.1) is 0 Å². The molecule has 0 aliphatic heterocycles. The molecule has 2 unspecified atom stereocenters. The van der Waals surface area contributed by atoms with Crippen LogP contribution in [-0.4, -0.2) is 41.7 Å². The Morgan fingerprint density at radius 1 is 1.44 bits per heavy atom. The number of rotatable bonds is 9. The van der Waals surface area contributed by atoms with Crippen LogP contribution in [0.2, 0.25) is 0 Å². The molecule has 0 bridgehead atoms. The lowest BCUT2D eigenvalue weighted by Gasteiger charge is -2.29. The third kappa shape index (κ3) is 6.35. The van der Waals surface area contributed by atoms with E-state index in [0.717, 1.165) is 0 Å². The Bertz CT molecular complexity index is 1140. The van der Waals surface area contributed by atoms with Gasteiger partial charge in [-0.1, -0.05) is 18.2 Å². The van der Waals surface area contributed by atoms with E-state index in [2.05, 4.69) is 41.3 Å². The quantitative estimate of drug-likeness (QED) is 0.371. The minimum atomic E-state index is -3.57. The molecule has 3 atom stereocenters. The third-order valence-corrected chi connectivity index (χ3v) is 6.77. The first-order valence-corrected chi connectivity index (χ1v) is 12.2. The van der Waals surface area contributed by atoms with Gasteiger partial charge in [-0.05, 0) is 66.0 Å². The highest BCUT2D eigenvalue weighted by atomic mass is 79.9. The predicted molar refractivity (Wildman–Crippen MR) is 127 cm³/mol. The topological polar surface area (TPSA) is 121 Å². The Labute approximate surface area is 195 Å². The zero-order chi connectivity index (χ0) is 23.4. The molecule has 5 N–H and O–H groups in total. The Kier molecular flexibility index (Phi) is 7.65. The van der Waals surface area contributed by atoms with Gasteiger partial charge in [0.25, 0.3) is 0 Å². The third-order valence-electron chi connectivity index (χ3n) is 4.76. The van der Waals surface area contributed by atoms with Crippen LogP contribution in [0.15, 0.2) is 58.1 Å². The second-order valence-electron chi connectivity index (χ2n) is 7.79. The van der Waals surface area contributed by atoms with E-state index < -0.39 is 21.4 Å². The molecule has 0 radical (unpaired) electrons. The fourth-order valence-electron chi connectivity index (χ4n) is 3.07. The van der Waals surface area contributed by atoms with Gasteiger partial charge in [0.1, 0.15) is 16.5 Å². The van der Waals surface area contributed by atoms with Crippen LogP contribution < -0.4 is 15.4 Å². The average Bonchev–Trinajstić information content (AvgIpc) is 2.74. The molecular weight excluding hydrogens is 501 g/mol. The Morgan fingerprint density at radius 3 is 2.94 bits per heavy atom. The summed E-state index contributed by atoms with van der Waals surface area (Å²) >= 11 is 3.38. The first-order valence-electron chi connectivity index (χ1n) is 9.93. The van der Waals surface area contributed by atoms with Crippen LogP contribution in [0.3, 0.4) is 0 Å². The molecule has 1 aliphatic carbocycles. The number of nitrogens with one attached hydrogen (secondary N) is 3. The molecule has 11 heteroatoms. The molecule has 1 aromatic carbocycles. The maximum Gasteiger partial charge on any atom is 0.373 e. The van der Waals surface area contributed by atoms with Gasteiger partial charge >= 0.3 is 10.0 Å². The molecule has 1 aliphatic rings. The summed E-state index contributed by atoms with van der Waals surface area (Å²) < 4.78 is 40.1. The smallest absolute Gasteiger partial charge is 0.373 e. The van der Waals surface area contributed by atoms with Gasteiger partial charge in [0.05, 0.1) is 16.6 Å². The van der Waals surface area contributed by atoms with Crippen molar-refractivity contribution in [3.05, 3.63) is 69.4 Å². The zero-order valence-electron chi connectivity index (χ0n) is 17.7. The molecular formula is C21H26BrFN5O3S+. The highest BCUT2D eigenvalue weighted by Gasteiger charge is 2.31. The number of anilines is 2. The first kappa shape index (κ1) is 24.3. The van der Waals surface area contributed by atoms with E-state index in [4.69, 9.17) is 0 Å². The van der Waals surface area contributed by atoms with Crippen LogP contribution in [0.25, 0.3) is 0 Å². The number of allylic oxidation sites excluding steroid dienone is 1. The van der Waals surface area contributed by atoms with Crippen molar-refractivity contribution in [3.63, 3.8) is 0 Å². The number of halogens is 2. The normalized spacial score (nSPS) is 20.8. The number of hydrogen-bond acceptors (Lipinski definition) is 6. The van der Waals surface area contributed by atoms with Crippen LogP contribution in [0, 0.1) is 5.82 Å². The summed E-state index contributed by atoms with van der Waals surface area (Å²) in [5.74, 6) is 0.441. The lowest BCUT2D eigenvalue weighted by atomic mass is 9.94. The molecule has 0 saturated carbocycles. The molecule has 2 aromatic rings. The molecule has 0 fully saturated rings. The summed E-state index contributed by atoms with van der Waals surface area (Å²) in [6.45, 7) is 3.67. The van der Waals surface area contributed by atoms with E-state index in [-0.39, 0.29) is 24.1 Å². The van der Waals surface area contributed by atoms with Crippen LogP contribution in [0.1, 0.15) is 25.8 Å². The molecule has 172 valence electrons. The monoisotopic (exact) mass is 526 g/mol. The first-order chi connectivity index (χ1) is 15.1. The maximum absolute atomic E-state index is 13.4. The molecule has 0 saturated heterocycles. The van der Waals surface area contributed by atoms with Crippen molar-refractivity contribution >= 4 is 37.7 Å². The van der Waals surface area contributed by atoms with Gasteiger partial charge < -0.3 is 15.7 Å². The van der Waals surface area contributed by atoms with E-state index in [1.165, 1.54) is 12.1 Å². The molecule has 8 nitrogen and oxygen atoms in total. The fraction of sp³-hybridized carbons (Fsp3) is 0.333. The van der Waals surface area contributed by atoms with Gasteiger partial charge in [0.2, 0.25) is 5.95 Å². The van der Waals surface area contributed by atoms with E-state index >= 15 is 0 Å². The molecule has 1 heterocycles. The van der Waals surface area contributed by atoms with Gasteiger partial charge in [-0.3, -0.25) is 0 Å². The van der Waals surface area contributed by atoms with Crippen LogP contribution in [-0.2, 0) is 16.6 Å². The van der Waals surface area contributed by atoms with Crippen molar-refractivity contribution in [1.82, 2.24) is 14.7 Å². The number of hydrogen-bond donors (Lipinski definition) is 4. The summed E-state index contributed by atoms with van der Waals surface area (Å²) in [6, 6.07) is 5.66. The molecule has 32 heavy (non-hydrogen) atoms. The van der Waals surface area contributed by atoms with Gasteiger partial charge in [-0.25, -0.2) is 13.6 Å². The minimum Gasteiger partial charge on any atom is -0.394 e. The summed E-state index contributed by atoms with van der Waals surface area (Å²) in [5, 5.41) is 15.6. The Morgan fingerprint density at radius 2 is 2.22 bits per heavy atom. The maximum atomic E-state index is 13.4. The second-order valence-corrected chi connectivity index (χ2v) is 10.5. The lowest BCUT2D eigenvalue weighted by Crippen LogP contribution is -2.36. The van der Waals surface area contributed by atoms with Crippen LogP contribution in [0.5, 0.6) is 0 Å². The number of aromatic nitrogens is 2. The van der Waals surface area contributed by atoms with Crippen LogP contribution >= 0.6 is 15.9 Å². The summed E-state index contributed by atoms with van der Waals surface area (Å²) in [4.78, 5) is 8.92. The van der Waals surface area contributed by atoms with E-state index in [0.29, 0.717) is 28.2 Å². The number of aliphatic hydroxyl groups excluding tert-OH is 1. The summed E-state index contributed by atoms with van der Waals surface area (Å²) in [5.41, 5.74) is -0.155. The van der Waals surface area contributed by atoms with Crippen LogP contribution in [0.4, 0.5) is 16.2 Å². The lowest BCUT2D eigenvalue weighted by molar-refractivity contribution is 0.281. The highest BCUT2D eigenvalue weighted by molar-refractivity contribution is 9.10. The zero-order valence-corrected chi connectivity index (χ0v) is 20.1. The Hall–Kier alpha value is -2.34. The predicted octanol–water partition coefficient (Wildman–Crippen LogP) is 3.46. The number of benzene rings is 1. The minimum absolute atomic E-state index is 0.0380. The molecule has 0 amide bonds. The highest BCUT2D eigenvalue weighted by Crippen LogP contribution is 2.28. The van der Waals surface area contributed by atoms with E-state index in [1.54, 1.807) is 36.6 Å². The molecule has 0 spiro atoms. The number of aliphatic hydroxyl groups is 1.